The van der Waals surface area contributed by atoms with Crippen LogP contribution in [0.4, 0.5) is 10.1 Å². The van der Waals surface area contributed by atoms with Crippen molar-refractivity contribution in [2.45, 2.75) is 6.92 Å². The fourth-order valence-corrected chi connectivity index (χ4v) is 2.63. The van der Waals surface area contributed by atoms with E-state index < -0.39 is 11.7 Å². The Morgan fingerprint density at radius 1 is 1.09 bits per heavy atom. The highest BCUT2D eigenvalue weighted by atomic mass is 19.1. The quantitative estimate of drug-likeness (QED) is 0.440. The van der Waals surface area contributed by atoms with Crippen molar-refractivity contribution in [3.8, 4) is 11.8 Å². The van der Waals surface area contributed by atoms with Crippen molar-refractivity contribution < 1.29 is 18.7 Å². The van der Waals surface area contributed by atoms with Gasteiger partial charge in [-0.1, -0.05) is 17.7 Å². The van der Waals surface area contributed by atoms with E-state index in [1.54, 1.807) is 30.3 Å². The van der Waals surface area contributed by atoms with Crippen molar-refractivity contribution >= 4 is 23.7 Å². The number of hydrogen-bond donors (Lipinski definition) is 2. The number of carbonyl (C=O) groups is 2. The summed E-state index contributed by atoms with van der Waals surface area (Å²) in [6.07, 6.45) is 1.38. The van der Waals surface area contributed by atoms with E-state index in [1.165, 1.54) is 18.3 Å². The maximum Gasteiger partial charge on any atom is 0.274 e. The van der Waals surface area contributed by atoms with Crippen LogP contribution in [0.25, 0.3) is 0 Å². The number of nitriles is 1. The van der Waals surface area contributed by atoms with Gasteiger partial charge < -0.3 is 10.1 Å². The Labute approximate surface area is 184 Å². The van der Waals surface area contributed by atoms with Crippen LogP contribution in [0, 0.1) is 24.1 Å². The van der Waals surface area contributed by atoms with E-state index in [0.717, 1.165) is 11.6 Å². The average Bonchev–Trinajstić information content (AvgIpc) is 2.80. The van der Waals surface area contributed by atoms with Crippen molar-refractivity contribution in [1.82, 2.24) is 5.43 Å². The Bertz CT molecular complexity index is 1180. The molecule has 0 saturated carbocycles. The monoisotopic (exact) mass is 430 g/mol. The summed E-state index contributed by atoms with van der Waals surface area (Å²) in [7, 11) is 0. The number of nitrogens with one attached hydrogen (secondary N) is 2. The summed E-state index contributed by atoms with van der Waals surface area (Å²) < 4.78 is 19.3. The second-order valence-electron chi connectivity index (χ2n) is 6.78. The number of carbonyl (C=O) groups excluding carboxylic acids is 2. The van der Waals surface area contributed by atoms with Gasteiger partial charge in [0.2, 0.25) is 0 Å². The summed E-state index contributed by atoms with van der Waals surface area (Å²) >= 11 is 0. The summed E-state index contributed by atoms with van der Waals surface area (Å²) in [5, 5.41) is 15.3. The fourth-order valence-electron chi connectivity index (χ4n) is 2.63. The predicted molar refractivity (Wildman–Crippen MR) is 118 cm³/mol. The van der Waals surface area contributed by atoms with Crippen LogP contribution in [0.15, 0.2) is 71.8 Å². The Morgan fingerprint density at radius 3 is 2.47 bits per heavy atom. The predicted octanol–water partition coefficient (Wildman–Crippen LogP) is 3.79. The Balaban J connectivity index is 1.48. The topological polar surface area (TPSA) is 104 Å². The van der Waals surface area contributed by atoms with Crippen molar-refractivity contribution in [3.63, 3.8) is 0 Å². The number of rotatable bonds is 7. The van der Waals surface area contributed by atoms with Gasteiger partial charge in [-0.2, -0.15) is 10.4 Å². The minimum absolute atomic E-state index is 0.123. The van der Waals surface area contributed by atoms with Gasteiger partial charge in [-0.25, -0.2) is 9.82 Å². The lowest BCUT2D eigenvalue weighted by molar-refractivity contribution is -0.118. The molecule has 7 nitrogen and oxygen atoms in total. The summed E-state index contributed by atoms with van der Waals surface area (Å²) in [5.41, 5.74) is 4.59. The molecular formula is C24H19FN4O3. The maximum absolute atomic E-state index is 13.8. The molecule has 0 aliphatic rings. The third kappa shape index (κ3) is 6.24. The Morgan fingerprint density at radius 2 is 1.81 bits per heavy atom. The van der Waals surface area contributed by atoms with Gasteiger partial charge in [0, 0.05) is 5.69 Å². The van der Waals surface area contributed by atoms with Crippen molar-refractivity contribution in [2.75, 3.05) is 11.9 Å². The molecule has 32 heavy (non-hydrogen) atoms. The van der Waals surface area contributed by atoms with Gasteiger partial charge in [-0.15, -0.1) is 0 Å². The van der Waals surface area contributed by atoms with E-state index in [4.69, 9.17) is 10.00 Å². The van der Waals surface area contributed by atoms with E-state index in [1.807, 2.05) is 31.2 Å². The Kier molecular flexibility index (Phi) is 7.28. The first-order valence-corrected chi connectivity index (χ1v) is 9.57. The summed E-state index contributed by atoms with van der Waals surface area (Å²) in [6.45, 7) is 1.82. The molecule has 0 spiro atoms. The molecule has 0 aromatic heterocycles. The highest BCUT2D eigenvalue weighted by Gasteiger charge is 2.11. The van der Waals surface area contributed by atoms with E-state index >= 15 is 0 Å². The zero-order valence-electron chi connectivity index (χ0n) is 17.1. The lowest BCUT2D eigenvalue weighted by Gasteiger charge is -2.08. The molecule has 0 atom stereocenters. The maximum atomic E-state index is 13.8. The molecule has 3 aromatic carbocycles. The number of benzene rings is 3. The number of aryl methyl sites for hydroxylation is 1. The summed E-state index contributed by atoms with van der Waals surface area (Å²) in [5.74, 6) is -1.32. The van der Waals surface area contributed by atoms with E-state index in [9.17, 15) is 14.0 Å². The standard InChI is InChI=1S/C24H19FN4O3/c1-16-2-7-19(8-3-16)28-23(30)15-32-20-9-4-17(5-10-20)14-27-29-24(31)21-11-6-18(13-26)12-22(21)25/h2-12,14H,15H2,1H3,(H,28,30)(H,29,31)/b27-14-. The second-order valence-corrected chi connectivity index (χ2v) is 6.78. The van der Waals surface area contributed by atoms with Crippen LogP contribution in [-0.4, -0.2) is 24.6 Å². The van der Waals surface area contributed by atoms with Crippen LogP contribution in [0.3, 0.4) is 0 Å². The van der Waals surface area contributed by atoms with Crippen LogP contribution in [-0.2, 0) is 4.79 Å². The highest BCUT2D eigenvalue weighted by Crippen LogP contribution is 2.13. The molecule has 0 fully saturated rings. The average molecular weight is 430 g/mol. The number of amides is 2. The second kappa shape index (κ2) is 10.5. The molecule has 0 aliphatic heterocycles. The number of ether oxygens (including phenoxy) is 1. The smallest absolute Gasteiger partial charge is 0.274 e. The third-order valence-corrected chi connectivity index (χ3v) is 4.31. The Hall–Kier alpha value is -4.51. The van der Waals surface area contributed by atoms with Crippen molar-refractivity contribution in [1.29, 1.82) is 5.26 Å². The highest BCUT2D eigenvalue weighted by molar-refractivity contribution is 5.95. The lowest BCUT2D eigenvalue weighted by Crippen LogP contribution is -2.20. The first-order valence-electron chi connectivity index (χ1n) is 9.57. The number of anilines is 1. The van der Waals surface area contributed by atoms with Gasteiger partial charge in [-0.05, 0) is 67.1 Å². The number of hydrogen-bond acceptors (Lipinski definition) is 5. The minimum Gasteiger partial charge on any atom is -0.484 e. The minimum atomic E-state index is -0.801. The first kappa shape index (κ1) is 22.2. The number of hydrazone groups is 1. The molecule has 0 bridgehead atoms. The molecular weight excluding hydrogens is 411 g/mol. The van der Waals surface area contributed by atoms with Crippen LogP contribution in [0.2, 0.25) is 0 Å². The van der Waals surface area contributed by atoms with Gasteiger partial charge in [-0.3, -0.25) is 9.59 Å². The van der Waals surface area contributed by atoms with Gasteiger partial charge in [0.25, 0.3) is 11.8 Å². The molecule has 3 rings (SSSR count). The molecule has 0 heterocycles. The third-order valence-electron chi connectivity index (χ3n) is 4.31. The van der Waals surface area contributed by atoms with Gasteiger partial charge in [0.05, 0.1) is 23.4 Å². The number of halogens is 1. The molecule has 3 aromatic rings. The normalized spacial score (nSPS) is 10.4. The van der Waals surface area contributed by atoms with Crippen LogP contribution in [0.5, 0.6) is 5.75 Å². The molecule has 8 heteroatoms. The molecule has 0 unspecified atom stereocenters. The van der Waals surface area contributed by atoms with E-state index in [0.29, 0.717) is 17.0 Å². The van der Waals surface area contributed by atoms with Crippen LogP contribution in [0.1, 0.15) is 27.0 Å². The van der Waals surface area contributed by atoms with Crippen LogP contribution < -0.4 is 15.5 Å². The van der Waals surface area contributed by atoms with Crippen molar-refractivity contribution in [2.24, 2.45) is 5.10 Å². The lowest BCUT2D eigenvalue weighted by atomic mass is 10.1. The molecule has 0 radical (unpaired) electrons. The molecule has 0 aliphatic carbocycles. The SMILES string of the molecule is Cc1ccc(NC(=O)COc2ccc(/C=N\NC(=O)c3ccc(C#N)cc3F)cc2)cc1. The van der Waals surface area contributed by atoms with E-state index in [-0.39, 0.29) is 23.6 Å². The van der Waals surface area contributed by atoms with Crippen LogP contribution >= 0.6 is 0 Å². The first-order chi connectivity index (χ1) is 15.4. The molecule has 2 amide bonds. The molecule has 2 N–H and O–H groups in total. The fraction of sp³-hybridized carbons (Fsp3) is 0.0833. The zero-order chi connectivity index (χ0) is 22.9. The van der Waals surface area contributed by atoms with Gasteiger partial charge >= 0.3 is 0 Å². The molecule has 160 valence electrons. The largest absolute Gasteiger partial charge is 0.484 e. The summed E-state index contributed by atoms with van der Waals surface area (Å²) in [6, 6.07) is 19.5. The number of nitrogens with zero attached hydrogens (tertiary/aromatic N) is 2. The van der Waals surface area contributed by atoms with Gasteiger partial charge in [0.15, 0.2) is 6.61 Å². The van der Waals surface area contributed by atoms with Crippen molar-refractivity contribution in [3.05, 3.63) is 94.8 Å². The zero-order valence-corrected chi connectivity index (χ0v) is 17.1. The summed E-state index contributed by atoms with van der Waals surface area (Å²) in [4.78, 5) is 24.0. The van der Waals surface area contributed by atoms with Gasteiger partial charge in [0.1, 0.15) is 11.6 Å². The molecule has 0 saturated heterocycles. The van der Waals surface area contributed by atoms with E-state index in [2.05, 4.69) is 15.8 Å².